The van der Waals surface area contributed by atoms with E-state index in [2.05, 4.69) is 231 Å². The van der Waals surface area contributed by atoms with Crippen molar-refractivity contribution in [3.05, 3.63) is 287 Å². The van der Waals surface area contributed by atoms with E-state index in [4.69, 9.17) is 16.0 Å². The Kier molecular flexibility index (Phi) is 10.1. The van der Waals surface area contributed by atoms with Crippen molar-refractivity contribution in [3.8, 4) is 44.5 Å². The lowest BCUT2D eigenvalue weighted by atomic mass is 9.67. The van der Waals surface area contributed by atoms with Crippen LogP contribution >= 0.6 is 11.6 Å². The van der Waals surface area contributed by atoms with Gasteiger partial charge in [-0.3, -0.25) is 0 Å². The van der Waals surface area contributed by atoms with Gasteiger partial charge in [-0.05, 0) is 133 Å². The molecular formula is C64H45ClO. The molecule has 0 radical (unpaired) electrons. The molecule has 1 aromatic heterocycles. The van der Waals surface area contributed by atoms with Gasteiger partial charge in [0.05, 0.1) is 5.41 Å². The maximum atomic E-state index is 7.07. The van der Waals surface area contributed by atoms with E-state index in [1.807, 2.05) is 12.1 Å². The summed E-state index contributed by atoms with van der Waals surface area (Å²) in [5.41, 5.74) is 19.7. The average molecular weight is 866 g/mol. The second-order valence-electron chi connectivity index (χ2n) is 17.6. The highest BCUT2D eigenvalue weighted by molar-refractivity contribution is 6.30. The lowest BCUT2D eigenvalue weighted by Gasteiger charge is -2.34. The number of hydrogen-bond acceptors (Lipinski definition) is 1. The first-order valence-corrected chi connectivity index (χ1v) is 23.3. The van der Waals surface area contributed by atoms with Crippen LogP contribution in [-0.4, -0.2) is 0 Å². The molecule has 0 spiro atoms. The standard InChI is InChI=1S/C64H45ClO/c65-53-36-39-58-60(42-53)64(51-19-8-3-9-20-51,52-21-12-18-49(40-52)45-16-6-2-7-17-45)59-24-13-23-57(63(58)59)54(37-28-43-26-29-46(30-27-43)44-14-4-1-5-15-44)48-33-31-47(32-34-48)50-35-38-56-55-22-10-11-25-61(55)66-62(56)41-50/h1-27,29-36,38-42,54H,28,37H2. The van der Waals surface area contributed by atoms with Crippen molar-refractivity contribution in [2.24, 2.45) is 0 Å². The van der Waals surface area contributed by atoms with Crippen molar-refractivity contribution in [2.75, 3.05) is 0 Å². The molecule has 1 heterocycles. The summed E-state index contributed by atoms with van der Waals surface area (Å²) in [5.74, 6) is 0.0893. The Hall–Kier alpha value is -7.71. The maximum Gasteiger partial charge on any atom is 0.136 e. The first kappa shape index (κ1) is 39.8. The van der Waals surface area contributed by atoms with Crippen LogP contribution in [0.4, 0.5) is 0 Å². The quantitative estimate of drug-likeness (QED) is 0.133. The summed E-state index contributed by atoms with van der Waals surface area (Å²) in [7, 11) is 0. The fraction of sp³-hybridized carbons (Fsp3) is 0.0625. The number of hydrogen-bond donors (Lipinski definition) is 0. The molecule has 1 aliphatic rings. The highest BCUT2D eigenvalue weighted by Crippen LogP contribution is 2.59. The molecule has 12 rings (SSSR count). The molecule has 314 valence electrons. The fourth-order valence-corrected chi connectivity index (χ4v) is 11.0. The van der Waals surface area contributed by atoms with Gasteiger partial charge in [-0.25, -0.2) is 0 Å². The highest BCUT2D eigenvalue weighted by Gasteiger charge is 2.47. The lowest BCUT2D eigenvalue weighted by molar-refractivity contribution is 0.669. The van der Waals surface area contributed by atoms with E-state index in [0.717, 1.165) is 50.9 Å². The Morgan fingerprint density at radius 2 is 0.985 bits per heavy atom. The third kappa shape index (κ3) is 6.87. The second-order valence-corrected chi connectivity index (χ2v) is 18.0. The van der Waals surface area contributed by atoms with Crippen LogP contribution in [0.25, 0.3) is 66.4 Å². The minimum atomic E-state index is -0.616. The number of benzene rings is 10. The molecule has 0 aliphatic heterocycles. The minimum absolute atomic E-state index is 0.0893. The van der Waals surface area contributed by atoms with Gasteiger partial charge in [0.2, 0.25) is 0 Å². The molecule has 66 heavy (non-hydrogen) atoms. The molecule has 0 saturated carbocycles. The van der Waals surface area contributed by atoms with E-state index >= 15 is 0 Å². The van der Waals surface area contributed by atoms with Gasteiger partial charge in [-0.1, -0.05) is 218 Å². The topological polar surface area (TPSA) is 13.1 Å². The lowest BCUT2D eigenvalue weighted by Crippen LogP contribution is -2.28. The number of aryl methyl sites for hydroxylation is 1. The van der Waals surface area contributed by atoms with Gasteiger partial charge < -0.3 is 4.42 Å². The number of furan rings is 1. The van der Waals surface area contributed by atoms with E-state index < -0.39 is 5.41 Å². The first-order valence-electron chi connectivity index (χ1n) is 22.9. The molecular weight excluding hydrogens is 820 g/mol. The van der Waals surface area contributed by atoms with Crippen LogP contribution in [0.2, 0.25) is 5.02 Å². The van der Waals surface area contributed by atoms with Crippen molar-refractivity contribution in [1.82, 2.24) is 0 Å². The summed E-state index contributed by atoms with van der Waals surface area (Å²) in [6, 6.07) is 88.4. The van der Waals surface area contributed by atoms with Crippen LogP contribution in [0.1, 0.15) is 51.3 Å². The van der Waals surface area contributed by atoms with Crippen LogP contribution in [0, 0.1) is 0 Å². The van der Waals surface area contributed by atoms with Gasteiger partial charge in [0.1, 0.15) is 11.2 Å². The van der Waals surface area contributed by atoms with Gasteiger partial charge in [0.15, 0.2) is 0 Å². The maximum absolute atomic E-state index is 7.07. The predicted octanol–water partition coefficient (Wildman–Crippen LogP) is 17.4. The number of halogens is 1. The molecule has 1 aliphatic carbocycles. The Bertz CT molecular complexity index is 3520. The molecule has 11 aromatic rings. The van der Waals surface area contributed by atoms with E-state index in [9.17, 15) is 0 Å². The van der Waals surface area contributed by atoms with Crippen molar-refractivity contribution in [2.45, 2.75) is 24.2 Å². The third-order valence-electron chi connectivity index (χ3n) is 13.9. The normalized spacial score (nSPS) is 14.6. The van der Waals surface area contributed by atoms with E-state index in [1.54, 1.807) is 0 Å². The van der Waals surface area contributed by atoms with Gasteiger partial charge in [0.25, 0.3) is 0 Å². The Labute approximate surface area is 391 Å². The summed E-state index contributed by atoms with van der Waals surface area (Å²) in [5, 5.41) is 3.02. The van der Waals surface area contributed by atoms with Gasteiger partial charge in [-0.2, -0.15) is 0 Å². The van der Waals surface area contributed by atoms with Crippen molar-refractivity contribution in [1.29, 1.82) is 0 Å². The Morgan fingerprint density at radius 3 is 1.76 bits per heavy atom. The van der Waals surface area contributed by atoms with Gasteiger partial charge in [-0.15, -0.1) is 0 Å². The van der Waals surface area contributed by atoms with Crippen LogP contribution < -0.4 is 0 Å². The molecule has 0 saturated heterocycles. The number of para-hydroxylation sites is 1. The summed E-state index contributed by atoms with van der Waals surface area (Å²) in [6.07, 6.45) is 1.85. The zero-order valence-electron chi connectivity index (χ0n) is 36.4. The molecule has 2 atom stereocenters. The summed E-state index contributed by atoms with van der Waals surface area (Å²) in [6.45, 7) is 0. The monoisotopic (exact) mass is 864 g/mol. The van der Waals surface area contributed by atoms with Gasteiger partial charge in [0, 0.05) is 21.7 Å². The Morgan fingerprint density at radius 1 is 0.409 bits per heavy atom. The Balaban J connectivity index is 1.01. The molecule has 2 heteroatoms. The minimum Gasteiger partial charge on any atom is -0.456 e. The molecule has 0 N–H and O–H groups in total. The van der Waals surface area contributed by atoms with Crippen LogP contribution in [0.5, 0.6) is 0 Å². The predicted molar refractivity (Wildman–Crippen MR) is 275 cm³/mol. The average Bonchev–Trinajstić information content (AvgIpc) is 3.91. The SMILES string of the molecule is Clc1ccc2c(c1)C(c1ccccc1)(c1cccc(-c3ccccc3)c1)c1cccc(C(CCc3ccc(-c4ccccc4)cc3)c3ccc(-c4ccc5c(c4)oc4ccccc45)cc3)c1-2. The second kappa shape index (κ2) is 16.7. The molecule has 0 fully saturated rings. The zero-order chi connectivity index (χ0) is 44.0. The smallest absolute Gasteiger partial charge is 0.136 e. The third-order valence-corrected chi connectivity index (χ3v) is 14.2. The molecule has 0 bridgehead atoms. The highest BCUT2D eigenvalue weighted by atomic mass is 35.5. The number of fused-ring (bicyclic) bond motifs is 6. The first-order chi connectivity index (χ1) is 32.6. The molecule has 1 nitrogen and oxygen atoms in total. The molecule has 10 aromatic carbocycles. The largest absolute Gasteiger partial charge is 0.456 e. The zero-order valence-corrected chi connectivity index (χ0v) is 37.1. The van der Waals surface area contributed by atoms with E-state index in [1.165, 1.54) is 72.3 Å². The van der Waals surface area contributed by atoms with E-state index in [-0.39, 0.29) is 5.92 Å². The van der Waals surface area contributed by atoms with E-state index in [0.29, 0.717) is 0 Å². The van der Waals surface area contributed by atoms with Crippen LogP contribution in [0.15, 0.2) is 247 Å². The molecule has 0 amide bonds. The van der Waals surface area contributed by atoms with Gasteiger partial charge >= 0.3 is 0 Å². The van der Waals surface area contributed by atoms with Crippen molar-refractivity contribution < 1.29 is 4.42 Å². The molecule has 2 unspecified atom stereocenters. The van der Waals surface area contributed by atoms with Crippen molar-refractivity contribution in [3.63, 3.8) is 0 Å². The summed E-state index contributed by atoms with van der Waals surface area (Å²) in [4.78, 5) is 0. The number of rotatable bonds is 10. The fourth-order valence-electron chi connectivity index (χ4n) is 10.8. The van der Waals surface area contributed by atoms with Crippen LogP contribution in [0.3, 0.4) is 0 Å². The van der Waals surface area contributed by atoms with Crippen LogP contribution in [-0.2, 0) is 11.8 Å². The summed E-state index contributed by atoms with van der Waals surface area (Å²) >= 11 is 7.07. The summed E-state index contributed by atoms with van der Waals surface area (Å²) < 4.78 is 6.32. The van der Waals surface area contributed by atoms with Crippen molar-refractivity contribution >= 4 is 33.5 Å².